The van der Waals surface area contributed by atoms with Crippen LogP contribution in [0, 0.1) is 17.0 Å². The van der Waals surface area contributed by atoms with Gasteiger partial charge >= 0.3 is 6.18 Å². The predicted molar refractivity (Wildman–Crippen MR) is 153 cm³/mol. The first-order valence-corrected chi connectivity index (χ1v) is 17.7. The summed E-state index contributed by atoms with van der Waals surface area (Å²) in [5.41, 5.74) is -1.73. The SMILES string of the molecule is CC1(C)CN=C(Cc2cc(F)c(Oc3ccnc4c3c(C3(C(F)(F)F)CC3)cn4COCC[Si](C)(C)C)c(F)c2)OC1. The molecule has 0 bridgehead atoms. The Morgan fingerprint density at radius 1 is 1.10 bits per heavy atom. The van der Waals surface area contributed by atoms with Gasteiger partial charge in [-0.2, -0.15) is 13.2 Å². The van der Waals surface area contributed by atoms with E-state index < -0.39 is 37.0 Å². The first kappa shape index (κ1) is 30.5. The van der Waals surface area contributed by atoms with Crippen molar-refractivity contribution in [1.82, 2.24) is 9.55 Å². The number of benzene rings is 1. The van der Waals surface area contributed by atoms with E-state index in [4.69, 9.17) is 14.2 Å². The molecule has 0 spiro atoms. The maximum Gasteiger partial charge on any atom is 0.398 e. The largest absolute Gasteiger partial charge is 0.480 e. The van der Waals surface area contributed by atoms with Crippen LogP contribution in [-0.4, -0.2) is 49.5 Å². The summed E-state index contributed by atoms with van der Waals surface area (Å²) in [5.74, 6) is -2.41. The normalized spacial score (nSPS) is 18.1. The molecule has 42 heavy (non-hydrogen) atoms. The number of aliphatic imine (C=N–C) groups is 1. The van der Waals surface area contributed by atoms with Gasteiger partial charge < -0.3 is 18.8 Å². The van der Waals surface area contributed by atoms with Crippen molar-refractivity contribution in [3.8, 4) is 11.5 Å². The van der Waals surface area contributed by atoms with Crippen molar-refractivity contribution in [2.45, 2.75) is 77.1 Å². The molecule has 3 aromatic rings. The van der Waals surface area contributed by atoms with Crippen molar-refractivity contribution in [3.63, 3.8) is 0 Å². The minimum absolute atomic E-state index is 0.00801. The molecule has 5 rings (SSSR count). The van der Waals surface area contributed by atoms with E-state index in [2.05, 4.69) is 29.6 Å². The van der Waals surface area contributed by atoms with Crippen molar-refractivity contribution in [2.75, 3.05) is 19.8 Å². The van der Waals surface area contributed by atoms with Crippen molar-refractivity contribution in [3.05, 3.63) is 53.4 Å². The molecular formula is C30H36F5N3O3Si. The summed E-state index contributed by atoms with van der Waals surface area (Å²) in [7, 11) is -1.38. The lowest BCUT2D eigenvalue weighted by Crippen LogP contribution is -2.31. The van der Waals surface area contributed by atoms with Gasteiger partial charge in [0.1, 0.15) is 18.1 Å². The van der Waals surface area contributed by atoms with Crippen molar-refractivity contribution >= 4 is 25.0 Å². The van der Waals surface area contributed by atoms with E-state index in [-0.39, 0.29) is 53.8 Å². The Hall–Kier alpha value is -2.99. The minimum Gasteiger partial charge on any atom is -0.480 e. The van der Waals surface area contributed by atoms with E-state index in [0.717, 1.165) is 18.2 Å². The smallest absolute Gasteiger partial charge is 0.398 e. The second-order valence-corrected chi connectivity index (χ2v) is 18.9. The summed E-state index contributed by atoms with van der Waals surface area (Å²) in [5, 5.41) is 0.0663. The van der Waals surface area contributed by atoms with Crippen molar-refractivity contribution in [2.24, 2.45) is 10.4 Å². The summed E-state index contributed by atoms with van der Waals surface area (Å²) >= 11 is 0. The Balaban J connectivity index is 1.47. The molecule has 0 N–H and O–H groups in total. The van der Waals surface area contributed by atoms with Crippen molar-refractivity contribution in [1.29, 1.82) is 0 Å². The van der Waals surface area contributed by atoms with Gasteiger partial charge in [0, 0.05) is 38.9 Å². The van der Waals surface area contributed by atoms with Crippen LogP contribution in [-0.2, 0) is 28.0 Å². The van der Waals surface area contributed by atoms with Gasteiger partial charge in [0.05, 0.1) is 24.0 Å². The predicted octanol–water partition coefficient (Wildman–Crippen LogP) is 8.01. The van der Waals surface area contributed by atoms with E-state index in [1.54, 1.807) is 0 Å². The lowest BCUT2D eigenvalue weighted by Gasteiger charge is -2.28. The molecule has 1 fully saturated rings. The highest BCUT2D eigenvalue weighted by Crippen LogP contribution is 2.61. The third kappa shape index (κ3) is 6.34. The lowest BCUT2D eigenvalue weighted by molar-refractivity contribution is -0.160. The Kier molecular flexibility index (Phi) is 7.93. The monoisotopic (exact) mass is 609 g/mol. The molecule has 0 unspecified atom stereocenters. The fraction of sp³-hybridized carbons (Fsp3) is 0.533. The molecule has 12 heteroatoms. The van der Waals surface area contributed by atoms with Crippen LogP contribution in [0.15, 0.2) is 35.6 Å². The highest BCUT2D eigenvalue weighted by molar-refractivity contribution is 6.76. The van der Waals surface area contributed by atoms with Gasteiger partial charge in [-0.15, -0.1) is 0 Å². The second-order valence-electron chi connectivity index (χ2n) is 13.3. The van der Waals surface area contributed by atoms with E-state index in [1.807, 2.05) is 13.8 Å². The molecule has 1 saturated carbocycles. The van der Waals surface area contributed by atoms with Crippen LogP contribution in [0.5, 0.6) is 11.5 Å². The van der Waals surface area contributed by atoms with Gasteiger partial charge in [-0.05, 0) is 48.2 Å². The quantitative estimate of drug-likeness (QED) is 0.133. The number of hydrogen-bond donors (Lipinski definition) is 0. The van der Waals surface area contributed by atoms with E-state index >= 15 is 8.78 Å². The van der Waals surface area contributed by atoms with Gasteiger partial charge in [-0.3, -0.25) is 4.99 Å². The number of halogens is 5. The standard InChI is InChI=1S/C30H36F5N3O3Si/c1-28(2)16-37-24(40-17-28)14-19-12-21(31)26(22(32)13-19)41-23-6-9-36-27-25(23)20(29(7-8-29)30(33,34)35)15-38(27)18-39-10-11-42(3,4)5/h6,9,12-13,15H,7-8,10-11,14,16-18H2,1-5H3. The van der Waals surface area contributed by atoms with E-state index in [0.29, 0.717) is 31.2 Å². The minimum atomic E-state index is -4.52. The second kappa shape index (κ2) is 10.9. The van der Waals surface area contributed by atoms with E-state index in [9.17, 15) is 13.2 Å². The topological polar surface area (TPSA) is 57.9 Å². The molecule has 1 aliphatic carbocycles. The molecular weight excluding hydrogens is 573 g/mol. The fourth-order valence-electron chi connectivity index (χ4n) is 4.98. The Morgan fingerprint density at radius 3 is 2.36 bits per heavy atom. The van der Waals surface area contributed by atoms with Crippen LogP contribution >= 0.6 is 0 Å². The molecule has 0 atom stereocenters. The molecule has 2 aliphatic rings. The highest BCUT2D eigenvalue weighted by atomic mass is 28.3. The molecule has 1 aliphatic heterocycles. The zero-order valence-electron chi connectivity index (χ0n) is 24.5. The number of aromatic nitrogens is 2. The Bertz CT molecular complexity index is 1480. The Morgan fingerprint density at radius 2 is 1.79 bits per heavy atom. The average Bonchev–Trinajstić information content (AvgIpc) is 3.62. The molecule has 3 heterocycles. The van der Waals surface area contributed by atoms with Gasteiger partial charge in [0.2, 0.25) is 0 Å². The number of ether oxygens (including phenoxy) is 3. The van der Waals surface area contributed by atoms with Gasteiger partial charge in [0.15, 0.2) is 23.3 Å². The van der Waals surface area contributed by atoms with Crippen molar-refractivity contribution < 1.29 is 36.2 Å². The number of fused-ring (bicyclic) bond motifs is 1. The van der Waals surface area contributed by atoms with Gasteiger partial charge in [-0.25, -0.2) is 13.8 Å². The number of pyridine rings is 1. The molecule has 6 nitrogen and oxygen atoms in total. The number of hydrogen-bond acceptors (Lipinski definition) is 5. The molecule has 0 saturated heterocycles. The van der Waals surface area contributed by atoms with Crippen LogP contribution < -0.4 is 4.74 Å². The number of alkyl halides is 3. The van der Waals surface area contributed by atoms with Crippen LogP contribution in [0.3, 0.4) is 0 Å². The first-order chi connectivity index (χ1) is 19.6. The molecule has 1 aromatic carbocycles. The highest BCUT2D eigenvalue weighted by Gasteiger charge is 2.65. The summed E-state index contributed by atoms with van der Waals surface area (Å²) in [6, 6.07) is 4.46. The molecule has 228 valence electrons. The third-order valence-electron chi connectivity index (χ3n) is 7.69. The van der Waals surface area contributed by atoms with Crippen LogP contribution in [0.1, 0.15) is 37.8 Å². The van der Waals surface area contributed by atoms with Crippen LogP contribution in [0.25, 0.3) is 11.0 Å². The summed E-state index contributed by atoms with van der Waals surface area (Å²) < 4.78 is 92.1. The van der Waals surface area contributed by atoms with Gasteiger partial charge in [-0.1, -0.05) is 33.5 Å². The summed E-state index contributed by atoms with van der Waals surface area (Å²) in [6.45, 7) is 12.1. The number of nitrogens with zero attached hydrogens (tertiary/aromatic N) is 3. The van der Waals surface area contributed by atoms with Crippen LogP contribution in [0.4, 0.5) is 22.0 Å². The summed E-state index contributed by atoms with van der Waals surface area (Å²) in [6.07, 6.45) is -1.88. The maximum atomic E-state index is 15.3. The van der Waals surface area contributed by atoms with E-state index in [1.165, 1.54) is 23.0 Å². The summed E-state index contributed by atoms with van der Waals surface area (Å²) in [4.78, 5) is 8.69. The third-order valence-corrected chi connectivity index (χ3v) is 9.40. The Labute approximate surface area is 242 Å². The van der Waals surface area contributed by atoms with Crippen LogP contribution in [0.2, 0.25) is 25.7 Å². The zero-order valence-corrected chi connectivity index (χ0v) is 25.5. The maximum absolute atomic E-state index is 15.3. The number of rotatable bonds is 10. The molecule has 0 radical (unpaired) electrons. The fourth-order valence-corrected chi connectivity index (χ4v) is 5.74. The average molecular weight is 610 g/mol. The molecule has 0 amide bonds. The van der Waals surface area contributed by atoms with Gasteiger partial charge in [0.25, 0.3) is 0 Å². The molecule has 2 aromatic heterocycles. The zero-order chi connectivity index (χ0) is 30.5. The lowest BCUT2D eigenvalue weighted by atomic mass is 9.94. The first-order valence-electron chi connectivity index (χ1n) is 14.0.